The molecule has 1 amide bonds. The van der Waals surface area contributed by atoms with Gasteiger partial charge in [-0.25, -0.2) is 0 Å². The van der Waals surface area contributed by atoms with Crippen LogP contribution in [0.2, 0.25) is 0 Å². The first-order chi connectivity index (χ1) is 10.2. The van der Waals surface area contributed by atoms with Gasteiger partial charge in [0.1, 0.15) is 0 Å². The van der Waals surface area contributed by atoms with Gasteiger partial charge in [0, 0.05) is 13.0 Å². The lowest BCUT2D eigenvalue weighted by Gasteiger charge is -2.35. The van der Waals surface area contributed by atoms with Gasteiger partial charge in [-0.05, 0) is 35.9 Å². The van der Waals surface area contributed by atoms with Gasteiger partial charge in [-0.1, -0.05) is 43.5 Å². The zero-order chi connectivity index (χ0) is 15.1. The SMILES string of the molecule is NCC1(CC(=O)NCc2ccc(CO)cc2)CCCCC1. The molecule has 0 saturated heterocycles. The summed E-state index contributed by atoms with van der Waals surface area (Å²) in [6.07, 6.45) is 6.32. The Morgan fingerprint density at radius 2 is 1.76 bits per heavy atom. The highest BCUT2D eigenvalue weighted by Gasteiger charge is 2.32. The van der Waals surface area contributed by atoms with Crippen LogP contribution in [0.1, 0.15) is 49.7 Å². The number of rotatable bonds is 6. The molecule has 0 atom stereocenters. The number of nitrogens with one attached hydrogen (secondary N) is 1. The number of nitrogens with two attached hydrogens (primary N) is 1. The number of hydrogen-bond acceptors (Lipinski definition) is 3. The number of benzene rings is 1. The van der Waals surface area contributed by atoms with Crippen LogP contribution in [0.5, 0.6) is 0 Å². The van der Waals surface area contributed by atoms with E-state index in [0.717, 1.165) is 24.0 Å². The largest absolute Gasteiger partial charge is 0.392 e. The molecule has 0 radical (unpaired) electrons. The smallest absolute Gasteiger partial charge is 0.220 e. The number of hydrogen-bond donors (Lipinski definition) is 3. The summed E-state index contributed by atoms with van der Waals surface area (Å²) < 4.78 is 0. The van der Waals surface area contributed by atoms with Crippen molar-refractivity contribution >= 4 is 5.91 Å². The molecular formula is C17H26N2O2. The van der Waals surface area contributed by atoms with E-state index < -0.39 is 0 Å². The van der Waals surface area contributed by atoms with Crippen molar-refractivity contribution in [2.45, 2.75) is 51.7 Å². The third kappa shape index (κ3) is 4.55. The molecule has 2 rings (SSSR count). The Bertz CT molecular complexity index is 450. The average Bonchev–Trinajstić information content (AvgIpc) is 2.54. The number of carbonyl (C=O) groups excluding carboxylic acids is 1. The van der Waals surface area contributed by atoms with Crippen LogP contribution >= 0.6 is 0 Å². The quantitative estimate of drug-likeness (QED) is 0.751. The van der Waals surface area contributed by atoms with Crippen molar-refractivity contribution in [3.8, 4) is 0 Å². The van der Waals surface area contributed by atoms with Crippen LogP contribution in [0.3, 0.4) is 0 Å². The number of aliphatic hydroxyl groups excluding tert-OH is 1. The van der Waals surface area contributed by atoms with E-state index >= 15 is 0 Å². The second-order valence-electron chi connectivity index (χ2n) is 6.19. The van der Waals surface area contributed by atoms with Crippen molar-refractivity contribution in [2.75, 3.05) is 6.54 Å². The van der Waals surface area contributed by atoms with Crippen LogP contribution in [0.4, 0.5) is 0 Å². The van der Waals surface area contributed by atoms with Crippen molar-refractivity contribution in [3.05, 3.63) is 35.4 Å². The zero-order valence-electron chi connectivity index (χ0n) is 12.6. The summed E-state index contributed by atoms with van der Waals surface area (Å²) in [6, 6.07) is 7.63. The minimum atomic E-state index is 0.0169. The Hall–Kier alpha value is -1.39. The molecule has 0 unspecified atom stereocenters. The summed E-state index contributed by atoms with van der Waals surface area (Å²) in [5, 5.41) is 12.0. The molecule has 1 saturated carbocycles. The summed E-state index contributed by atoms with van der Waals surface area (Å²) in [6.45, 7) is 1.18. The van der Waals surface area contributed by atoms with E-state index in [0.29, 0.717) is 19.5 Å². The predicted octanol–water partition coefficient (Wildman–Crippen LogP) is 2.09. The molecule has 0 aliphatic heterocycles. The minimum Gasteiger partial charge on any atom is -0.392 e. The molecule has 4 N–H and O–H groups in total. The van der Waals surface area contributed by atoms with E-state index in [1.54, 1.807) is 0 Å². The van der Waals surface area contributed by atoms with E-state index in [4.69, 9.17) is 10.8 Å². The highest BCUT2D eigenvalue weighted by molar-refractivity contribution is 5.76. The van der Waals surface area contributed by atoms with Crippen molar-refractivity contribution < 1.29 is 9.90 Å². The second kappa shape index (κ2) is 7.57. The summed E-state index contributed by atoms with van der Waals surface area (Å²) in [5.41, 5.74) is 7.87. The van der Waals surface area contributed by atoms with Gasteiger partial charge in [0.05, 0.1) is 6.61 Å². The molecule has 21 heavy (non-hydrogen) atoms. The maximum Gasteiger partial charge on any atom is 0.220 e. The molecule has 1 aliphatic carbocycles. The summed E-state index contributed by atoms with van der Waals surface area (Å²) in [5.74, 6) is 0.0913. The van der Waals surface area contributed by atoms with E-state index in [1.807, 2.05) is 24.3 Å². The normalized spacial score (nSPS) is 17.4. The van der Waals surface area contributed by atoms with Gasteiger partial charge in [-0.15, -0.1) is 0 Å². The van der Waals surface area contributed by atoms with Crippen LogP contribution < -0.4 is 11.1 Å². The summed E-state index contributed by atoms with van der Waals surface area (Å²) in [4.78, 5) is 12.2. The highest BCUT2D eigenvalue weighted by Crippen LogP contribution is 2.38. The Labute approximate surface area is 126 Å². The topological polar surface area (TPSA) is 75.4 Å². The van der Waals surface area contributed by atoms with E-state index in [-0.39, 0.29) is 17.9 Å². The zero-order valence-corrected chi connectivity index (χ0v) is 12.6. The Morgan fingerprint density at radius 3 is 2.33 bits per heavy atom. The molecule has 1 aromatic carbocycles. The van der Waals surface area contributed by atoms with Gasteiger partial charge in [0.2, 0.25) is 5.91 Å². The van der Waals surface area contributed by atoms with Gasteiger partial charge >= 0.3 is 0 Å². The molecule has 4 heteroatoms. The molecule has 0 spiro atoms. The van der Waals surface area contributed by atoms with Crippen LogP contribution in [-0.2, 0) is 17.9 Å². The summed E-state index contributed by atoms with van der Waals surface area (Å²) in [7, 11) is 0. The highest BCUT2D eigenvalue weighted by atomic mass is 16.3. The lowest BCUT2D eigenvalue weighted by Crippen LogP contribution is -2.38. The molecule has 0 aromatic heterocycles. The molecule has 116 valence electrons. The van der Waals surface area contributed by atoms with Crippen molar-refractivity contribution in [1.82, 2.24) is 5.32 Å². The van der Waals surface area contributed by atoms with Gasteiger partial charge in [-0.3, -0.25) is 4.79 Å². The van der Waals surface area contributed by atoms with E-state index in [1.165, 1.54) is 19.3 Å². The Morgan fingerprint density at radius 1 is 1.14 bits per heavy atom. The van der Waals surface area contributed by atoms with Gasteiger partial charge < -0.3 is 16.2 Å². The Kier molecular flexibility index (Phi) is 5.76. The molecule has 1 fully saturated rings. The molecule has 1 aliphatic rings. The van der Waals surface area contributed by atoms with Gasteiger partial charge in [-0.2, -0.15) is 0 Å². The lowest BCUT2D eigenvalue weighted by atomic mass is 9.71. The molecular weight excluding hydrogens is 264 g/mol. The molecule has 4 nitrogen and oxygen atoms in total. The summed E-state index contributed by atoms with van der Waals surface area (Å²) >= 11 is 0. The standard InChI is InChI=1S/C17H26N2O2/c18-13-17(8-2-1-3-9-17)10-16(21)19-11-14-4-6-15(12-20)7-5-14/h4-7,20H,1-3,8-13,18H2,(H,19,21). The third-order valence-electron chi connectivity index (χ3n) is 4.58. The fraction of sp³-hybridized carbons (Fsp3) is 0.588. The van der Waals surface area contributed by atoms with Crippen LogP contribution in [0.25, 0.3) is 0 Å². The fourth-order valence-corrected chi connectivity index (χ4v) is 3.12. The maximum absolute atomic E-state index is 12.2. The van der Waals surface area contributed by atoms with Crippen LogP contribution in [0, 0.1) is 5.41 Å². The van der Waals surface area contributed by atoms with E-state index in [9.17, 15) is 4.79 Å². The van der Waals surface area contributed by atoms with Gasteiger partial charge in [0.25, 0.3) is 0 Å². The maximum atomic E-state index is 12.2. The predicted molar refractivity (Wildman–Crippen MR) is 83.4 cm³/mol. The van der Waals surface area contributed by atoms with Crippen LogP contribution in [-0.4, -0.2) is 17.6 Å². The Balaban J connectivity index is 1.83. The third-order valence-corrected chi connectivity index (χ3v) is 4.58. The average molecular weight is 290 g/mol. The number of aliphatic hydroxyl groups is 1. The monoisotopic (exact) mass is 290 g/mol. The fourth-order valence-electron chi connectivity index (χ4n) is 3.12. The first-order valence-corrected chi connectivity index (χ1v) is 7.83. The lowest BCUT2D eigenvalue weighted by molar-refractivity contribution is -0.124. The number of carbonyl (C=O) groups is 1. The van der Waals surface area contributed by atoms with Crippen molar-refractivity contribution in [2.24, 2.45) is 11.1 Å². The molecule has 1 aromatic rings. The van der Waals surface area contributed by atoms with Crippen molar-refractivity contribution in [3.63, 3.8) is 0 Å². The van der Waals surface area contributed by atoms with Crippen molar-refractivity contribution in [1.29, 1.82) is 0 Å². The second-order valence-corrected chi connectivity index (χ2v) is 6.19. The molecule has 0 bridgehead atoms. The van der Waals surface area contributed by atoms with Crippen LogP contribution in [0.15, 0.2) is 24.3 Å². The minimum absolute atomic E-state index is 0.0169. The molecule has 0 heterocycles. The van der Waals surface area contributed by atoms with Gasteiger partial charge in [0.15, 0.2) is 0 Å². The van der Waals surface area contributed by atoms with E-state index in [2.05, 4.69) is 5.32 Å². The first-order valence-electron chi connectivity index (χ1n) is 7.83. The first kappa shape index (κ1) is 16.0. The number of amides is 1.